The average Bonchev–Trinajstić information content (AvgIpc) is 3.20. The number of carbonyl (C=O) groups excluding carboxylic acids is 2. The Hall–Kier alpha value is -1.92. The molecule has 114 valence electrons. The van der Waals surface area contributed by atoms with E-state index in [1.165, 1.54) is 6.33 Å². The van der Waals surface area contributed by atoms with Crippen LogP contribution in [0.15, 0.2) is 6.33 Å². The van der Waals surface area contributed by atoms with Crippen molar-refractivity contribution < 1.29 is 9.59 Å². The van der Waals surface area contributed by atoms with Crippen LogP contribution in [0.1, 0.15) is 44.5 Å². The van der Waals surface area contributed by atoms with Gasteiger partial charge in [-0.3, -0.25) is 14.7 Å². The molecule has 2 amide bonds. The molecule has 2 N–H and O–H groups in total. The molecule has 3 rings (SSSR count). The maximum atomic E-state index is 12.2. The third-order valence-corrected chi connectivity index (χ3v) is 4.31. The fourth-order valence-corrected chi connectivity index (χ4v) is 2.77. The van der Waals surface area contributed by atoms with Gasteiger partial charge in [-0.15, -0.1) is 0 Å². The van der Waals surface area contributed by atoms with Crippen molar-refractivity contribution in [1.29, 1.82) is 0 Å². The molecule has 7 nitrogen and oxygen atoms in total. The van der Waals surface area contributed by atoms with Gasteiger partial charge in [-0.25, -0.2) is 4.98 Å². The lowest BCUT2D eigenvalue weighted by molar-refractivity contribution is -0.136. The minimum atomic E-state index is -0.175. The number of carbonyl (C=O) groups is 2. The highest BCUT2D eigenvalue weighted by Gasteiger charge is 2.36. The molecule has 1 aromatic rings. The Balaban J connectivity index is 1.47. The van der Waals surface area contributed by atoms with Crippen LogP contribution >= 0.6 is 0 Å². The van der Waals surface area contributed by atoms with Crippen LogP contribution < -0.4 is 5.32 Å². The number of piperidine rings is 1. The molecule has 1 saturated heterocycles. The smallest absolute Gasteiger partial charge is 0.225 e. The predicted octanol–water partition coefficient (Wildman–Crippen LogP) is 0.631. The maximum Gasteiger partial charge on any atom is 0.225 e. The minimum absolute atomic E-state index is 0.0152. The van der Waals surface area contributed by atoms with Crippen molar-refractivity contribution >= 4 is 11.8 Å². The summed E-state index contributed by atoms with van der Waals surface area (Å²) in [4.78, 5) is 30.2. The summed E-state index contributed by atoms with van der Waals surface area (Å²) in [5, 5.41) is 9.50. The van der Waals surface area contributed by atoms with Crippen LogP contribution in [0.2, 0.25) is 0 Å². The summed E-state index contributed by atoms with van der Waals surface area (Å²) in [6.07, 6.45) is 4.99. The quantitative estimate of drug-likeness (QED) is 0.851. The zero-order valence-electron chi connectivity index (χ0n) is 12.2. The molecule has 21 heavy (non-hydrogen) atoms. The topological polar surface area (TPSA) is 91.0 Å². The number of aromatic nitrogens is 3. The molecule has 1 aliphatic carbocycles. The second-order valence-corrected chi connectivity index (χ2v) is 5.97. The van der Waals surface area contributed by atoms with Crippen molar-refractivity contribution in [1.82, 2.24) is 25.4 Å². The van der Waals surface area contributed by atoms with E-state index in [0.29, 0.717) is 18.9 Å². The molecule has 0 aromatic carbocycles. The Morgan fingerprint density at radius 3 is 2.57 bits per heavy atom. The number of hydrogen-bond donors (Lipinski definition) is 2. The fourth-order valence-electron chi connectivity index (χ4n) is 2.77. The number of hydrogen-bond acceptors (Lipinski definition) is 4. The lowest BCUT2D eigenvalue weighted by Gasteiger charge is -2.31. The summed E-state index contributed by atoms with van der Waals surface area (Å²) >= 11 is 0. The molecular formula is C14H21N5O2. The Bertz CT molecular complexity index is 503. The number of H-pyrrole nitrogens is 1. The van der Waals surface area contributed by atoms with Crippen LogP contribution in [0, 0.1) is 11.8 Å². The standard InChI is InChI=1S/C14H21N5O2/c1-9(12-15-8-16-18-12)17-13(20)10-4-6-19(7-5-10)14(21)11-2-3-11/h8-11H,2-7H2,1H3,(H,17,20)(H,15,16,18). The highest BCUT2D eigenvalue weighted by atomic mass is 16.2. The Morgan fingerprint density at radius 2 is 2.00 bits per heavy atom. The summed E-state index contributed by atoms with van der Waals surface area (Å²) in [7, 11) is 0. The molecular weight excluding hydrogens is 270 g/mol. The minimum Gasteiger partial charge on any atom is -0.346 e. The molecule has 1 atom stereocenters. The van der Waals surface area contributed by atoms with Gasteiger partial charge in [0.25, 0.3) is 0 Å². The first-order chi connectivity index (χ1) is 10.1. The molecule has 0 bridgehead atoms. The average molecular weight is 291 g/mol. The van der Waals surface area contributed by atoms with E-state index in [9.17, 15) is 9.59 Å². The highest BCUT2D eigenvalue weighted by Crippen LogP contribution is 2.32. The van der Waals surface area contributed by atoms with E-state index in [1.807, 2.05) is 11.8 Å². The van der Waals surface area contributed by atoms with E-state index in [-0.39, 0.29) is 29.7 Å². The van der Waals surface area contributed by atoms with Crippen LogP contribution in [0.4, 0.5) is 0 Å². The monoisotopic (exact) mass is 291 g/mol. The number of amides is 2. The van der Waals surface area contributed by atoms with Crippen LogP contribution in [0.5, 0.6) is 0 Å². The summed E-state index contributed by atoms with van der Waals surface area (Å²) in [5.41, 5.74) is 0. The van der Waals surface area contributed by atoms with Gasteiger partial charge in [0.15, 0.2) is 0 Å². The van der Waals surface area contributed by atoms with Gasteiger partial charge >= 0.3 is 0 Å². The lowest BCUT2D eigenvalue weighted by Crippen LogP contribution is -2.44. The first-order valence-electron chi connectivity index (χ1n) is 7.59. The van der Waals surface area contributed by atoms with Gasteiger partial charge < -0.3 is 10.2 Å². The van der Waals surface area contributed by atoms with Crippen LogP contribution in [0.3, 0.4) is 0 Å². The molecule has 2 heterocycles. The second-order valence-electron chi connectivity index (χ2n) is 5.97. The van der Waals surface area contributed by atoms with E-state index in [4.69, 9.17) is 0 Å². The zero-order chi connectivity index (χ0) is 14.8. The SMILES string of the molecule is CC(NC(=O)C1CCN(C(=O)C2CC2)CC1)c1ncn[nH]1. The molecule has 7 heteroatoms. The maximum absolute atomic E-state index is 12.2. The van der Waals surface area contributed by atoms with Crippen molar-refractivity contribution in [2.24, 2.45) is 11.8 Å². The van der Waals surface area contributed by atoms with Gasteiger partial charge in [-0.2, -0.15) is 5.10 Å². The number of rotatable bonds is 4. The number of likely N-dealkylation sites (tertiary alicyclic amines) is 1. The molecule has 2 fully saturated rings. The summed E-state index contributed by atoms with van der Waals surface area (Å²) < 4.78 is 0. The largest absolute Gasteiger partial charge is 0.346 e. The lowest BCUT2D eigenvalue weighted by atomic mass is 9.95. The van der Waals surface area contributed by atoms with E-state index in [1.54, 1.807) is 0 Å². The first kappa shape index (κ1) is 14.0. The molecule has 1 saturated carbocycles. The molecule has 0 spiro atoms. The highest BCUT2D eigenvalue weighted by molar-refractivity contribution is 5.82. The van der Waals surface area contributed by atoms with Gasteiger partial charge in [-0.1, -0.05) is 0 Å². The second kappa shape index (κ2) is 5.83. The predicted molar refractivity (Wildman–Crippen MR) is 75.0 cm³/mol. The van der Waals surface area contributed by atoms with Crippen molar-refractivity contribution in [3.05, 3.63) is 12.2 Å². The first-order valence-corrected chi connectivity index (χ1v) is 7.59. The molecule has 1 aliphatic heterocycles. The summed E-state index contributed by atoms with van der Waals surface area (Å²) in [6, 6.07) is -0.175. The molecule has 1 aromatic heterocycles. The van der Waals surface area contributed by atoms with Gasteiger partial charge in [0.2, 0.25) is 11.8 Å². The van der Waals surface area contributed by atoms with Gasteiger partial charge in [0.05, 0.1) is 6.04 Å². The van der Waals surface area contributed by atoms with Gasteiger partial charge in [0, 0.05) is 24.9 Å². The van der Waals surface area contributed by atoms with Crippen LogP contribution in [-0.4, -0.2) is 45.0 Å². The third kappa shape index (κ3) is 3.22. The molecule has 2 aliphatic rings. The number of nitrogens with zero attached hydrogens (tertiary/aromatic N) is 3. The van der Waals surface area contributed by atoms with E-state index in [0.717, 1.165) is 25.7 Å². The Labute approximate surface area is 123 Å². The van der Waals surface area contributed by atoms with Gasteiger partial charge in [0.1, 0.15) is 12.2 Å². The van der Waals surface area contributed by atoms with Crippen molar-refractivity contribution in [3.8, 4) is 0 Å². The van der Waals surface area contributed by atoms with Crippen molar-refractivity contribution in [2.45, 2.75) is 38.6 Å². The number of aromatic amines is 1. The van der Waals surface area contributed by atoms with E-state index in [2.05, 4.69) is 20.5 Å². The fraction of sp³-hybridized carbons (Fsp3) is 0.714. The van der Waals surface area contributed by atoms with Crippen molar-refractivity contribution in [3.63, 3.8) is 0 Å². The van der Waals surface area contributed by atoms with Crippen LogP contribution in [-0.2, 0) is 9.59 Å². The van der Waals surface area contributed by atoms with Gasteiger partial charge in [-0.05, 0) is 32.6 Å². The van der Waals surface area contributed by atoms with Crippen LogP contribution in [0.25, 0.3) is 0 Å². The van der Waals surface area contributed by atoms with E-state index >= 15 is 0 Å². The Morgan fingerprint density at radius 1 is 1.29 bits per heavy atom. The molecule has 0 radical (unpaired) electrons. The molecule has 1 unspecified atom stereocenters. The van der Waals surface area contributed by atoms with Crippen molar-refractivity contribution in [2.75, 3.05) is 13.1 Å². The summed E-state index contributed by atoms with van der Waals surface area (Å²) in [6.45, 7) is 3.28. The zero-order valence-corrected chi connectivity index (χ0v) is 12.2. The Kier molecular flexibility index (Phi) is 3.90. The normalized spacial score (nSPS) is 21.1. The third-order valence-electron chi connectivity index (χ3n) is 4.31. The number of nitrogens with one attached hydrogen (secondary N) is 2. The summed E-state index contributed by atoms with van der Waals surface area (Å²) in [5.74, 6) is 1.23. The van der Waals surface area contributed by atoms with E-state index < -0.39 is 0 Å².